The highest BCUT2D eigenvalue weighted by Gasteiger charge is 2.30. The molecule has 8 nitrogen and oxygen atoms in total. The lowest BCUT2D eigenvalue weighted by Crippen LogP contribution is -2.38. The minimum atomic E-state index is -1.33. The first-order chi connectivity index (χ1) is 9.79. The molecule has 0 fully saturated rings. The van der Waals surface area contributed by atoms with Crippen molar-refractivity contribution in [3.05, 3.63) is 0 Å². The molecule has 0 aromatic carbocycles. The van der Waals surface area contributed by atoms with E-state index in [0.717, 1.165) is 13.8 Å². The molecule has 0 bridgehead atoms. The maximum Gasteiger partial charge on any atom is 0.303 e. The summed E-state index contributed by atoms with van der Waals surface area (Å²) in [5.41, 5.74) is 0. The first kappa shape index (κ1) is 18.8. The lowest BCUT2D eigenvalue weighted by Gasteiger charge is -2.24. The number of esters is 3. The van der Waals surface area contributed by atoms with E-state index in [1.807, 2.05) is 0 Å². The molecule has 3 atom stereocenters. The Kier molecular flexibility index (Phi) is 8.59. The lowest BCUT2D eigenvalue weighted by atomic mass is 10.0. The third-order valence-corrected chi connectivity index (χ3v) is 2.35. The van der Waals surface area contributed by atoms with Crippen molar-refractivity contribution in [2.45, 2.75) is 39.4 Å². The zero-order chi connectivity index (χ0) is 16.4. The Labute approximate surface area is 121 Å². The van der Waals surface area contributed by atoms with Gasteiger partial charge in [-0.3, -0.25) is 19.2 Å². The Morgan fingerprint density at radius 1 is 0.905 bits per heavy atom. The van der Waals surface area contributed by atoms with E-state index in [-0.39, 0.29) is 13.0 Å². The molecule has 0 aliphatic heterocycles. The molecule has 0 saturated carbocycles. The van der Waals surface area contributed by atoms with E-state index in [1.165, 1.54) is 6.92 Å². The molecular formula is C13H18O8. The van der Waals surface area contributed by atoms with E-state index in [9.17, 15) is 24.0 Å². The van der Waals surface area contributed by atoms with Gasteiger partial charge in [-0.15, -0.1) is 0 Å². The maximum atomic E-state index is 11.0. The van der Waals surface area contributed by atoms with Gasteiger partial charge >= 0.3 is 17.9 Å². The highest BCUT2D eigenvalue weighted by Crippen LogP contribution is 2.14. The van der Waals surface area contributed by atoms with E-state index in [1.54, 1.807) is 0 Å². The first-order valence-corrected chi connectivity index (χ1v) is 6.18. The number of carbonyl (C=O) groups is 5. The summed E-state index contributed by atoms with van der Waals surface area (Å²) in [5.74, 6) is -2.79. The van der Waals surface area contributed by atoms with Gasteiger partial charge in [-0.25, -0.2) is 0 Å². The first-order valence-electron chi connectivity index (χ1n) is 6.18. The fourth-order valence-corrected chi connectivity index (χ4v) is 1.53. The Balaban J connectivity index is 4.89. The fourth-order valence-electron chi connectivity index (χ4n) is 1.53. The topological polar surface area (TPSA) is 113 Å². The molecular weight excluding hydrogens is 284 g/mol. The van der Waals surface area contributed by atoms with Crippen LogP contribution in [-0.4, -0.2) is 49.3 Å². The van der Waals surface area contributed by atoms with Crippen molar-refractivity contribution >= 4 is 30.5 Å². The number of hydrogen-bond acceptors (Lipinski definition) is 8. The van der Waals surface area contributed by atoms with Crippen LogP contribution in [0.4, 0.5) is 0 Å². The normalized spacial score (nSPS) is 14.2. The van der Waals surface area contributed by atoms with Crippen LogP contribution in [0.15, 0.2) is 0 Å². The summed E-state index contributed by atoms with van der Waals surface area (Å²) in [7, 11) is 0. The quantitative estimate of drug-likeness (QED) is 0.327. The van der Waals surface area contributed by atoms with Crippen LogP contribution in [-0.2, 0) is 38.2 Å². The molecule has 0 spiro atoms. The fraction of sp³-hybridized carbons (Fsp3) is 0.615. The molecule has 0 rings (SSSR count). The smallest absolute Gasteiger partial charge is 0.303 e. The van der Waals surface area contributed by atoms with E-state index in [2.05, 4.69) is 4.74 Å². The van der Waals surface area contributed by atoms with Crippen molar-refractivity contribution in [1.29, 1.82) is 0 Å². The van der Waals surface area contributed by atoms with Gasteiger partial charge in [0.25, 0.3) is 0 Å². The van der Waals surface area contributed by atoms with Gasteiger partial charge in [0.1, 0.15) is 19.0 Å². The minimum absolute atomic E-state index is 0.118. The molecule has 0 saturated heterocycles. The van der Waals surface area contributed by atoms with Crippen molar-refractivity contribution in [2.24, 2.45) is 5.92 Å². The second-order valence-electron chi connectivity index (χ2n) is 4.29. The Morgan fingerprint density at radius 2 is 1.48 bits per heavy atom. The molecule has 0 N–H and O–H groups in total. The third kappa shape index (κ3) is 8.51. The SMILES string of the molecule is CC(=O)OC[C@H](C=O)C[C@H](OC(C)=O)[C@@H](C=O)OC(C)=O. The Hall–Kier alpha value is -2.25. The predicted octanol–water partition coefficient (Wildman–Crippen LogP) is -0.183. The summed E-state index contributed by atoms with van der Waals surface area (Å²) in [5, 5.41) is 0. The number of hydrogen-bond donors (Lipinski definition) is 0. The zero-order valence-electron chi connectivity index (χ0n) is 12.1. The van der Waals surface area contributed by atoms with E-state index < -0.39 is 36.0 Å². The van der Waals surface area contributed by atoms with Gasteiger partial charge in [-0.1, -0.05) is 0 Å². The molecule has 8 heteroatoms. The van der Waals surface area contributed by atoms with E-state index in [4.69, 9.17) is 9.47 Å². The van der Waals surface area contributed by atoms with Crippen LogP contribution < -0.4 is 0 Å². The molecule has 21 heavy (non-hydrogen) atoms. The second-order valence-corrected chi connectivity index (χ2v) is 4.29. The number of rotatable bonds is 9. The standard InChI is InChI=1S/C13H18O8/c1-8(16)19-7-11(5-14)4-12(20-9(2)17)13(6-15)21-10(3)18/h5-6,11-13H,4,7H2,1-3H3/t11-,12-,13+/m0/s1. The van der Waals surface area contributed by atoms with Crippen molar-refractivity contribution < 1.29 is 38.2 Å². The lowest BCUT2D eigenvalue weighted by molar-refractivity contribution is -0.168. The number of carbonyl (C=O) groups excluding carboxylic acids is 5. The summed E-state index contributed by atoms with van der Waals surface area (Å²) in [6.45, 7) is 3.17. The molecule has 0 aromatic rings. The minimum Gasteiger partial charge on any atom is -0.465 e. The van der Waals surface area contributed by atoms with Crippen LogP contribution in [0.2, 0.25) is 0 Å². The van der Waals surface area contributed by atoms with Crippen LogP contribution >= 0.6 is 0 Å². The maximum absolute atomic E-state index is 11.0. The van der Waals surface area contributed by atoms with Crippen molar-refractivity contribution in [3.63, 3.8) is 0 Å². The summed E-state index contributed by atoms with van der Waals surface area (Å²) in [6, 6.07) is 0. The Morgan fingerprint density at radius 3 is 1.86 bits per heavy atom. The molecule has 118 valence electrons. The van der Waals surface area contributed by atoms with Crippen molar-refractivity contribution in [2.75, 3.05) is 6.61 Å². The highest BCUT2D eigenvalue weighted by molar-refractivity contribution is 5.71. The average molecular weight is 302 g/mol. The summed E-state index contributed by atoms with van der Waals surface area (Å²) in [4.78, 5) is 54.6. The van der Waals surface area contributed by atoms with Gasteiger partial charge in [0, 0.05) is 27.2 Å². The van der Waals surface area contributed by atoms with Crippen LogP contribution in [0.25, 0.3) is 0 Å². The van der Waals surface area contributed by atoms with E-state index in [0.29, 0.717) is 12.6 Å². The molecule has 0 heterocycles. The predicted molar refractivity (Wildman–Crippen MR) is 68.0 cm³/mol. The van der Waals surface area contributed by atoms with E-state index >= 15 is 0 Å². The van der Waals surface area contributed by atoms with Gasteiger partial charge in [0.05, 0.1) is 5.92 Å². The number of aldehydes is 2. The van der Waals surface area contributed by atoms with Crippen LogP contribution in [0.1, 0.15) is 27.2 Å². The van der Waals surface area contributed by atoms with Gasteiger partial charge in [-0.05, 0) is 0 Å². The largest absolute Gasteiger partial charge is 0.465 e. The number of ether oxygens (including phenoxy) is 3. The van der Waals surface area contributed by atoms with Gasteiger partial charge in [0.15, 0.2) is 12.4 Å². The highest BCUT2D eigenvalue weighted by atomic mass is 16.6. The molecule has 0 aliphatic carbocycles. The molecule has 0 aliphatic rings. The summed E-state index contributed by atoms with van der Waals surface area (Å²) in [6.07, 6.45) is -1.76. The van der Waals surface area contributed by atoms with Crippen LogP contribution in [0.3, 0.4) is 0 Å². The molecule has 0 radical (unpaired) electrons. The summed E-state index contributed by atoms with van der Waals surface area (Å²) >= 11 is 0. The van der Waals surface area contributed by atoms with Crippen LogP contribution in [0.5, 0.6) is 0 Å². The molecule has 0 unspecified atom stereocenters. The van der Waals surface area contributed by atoms with Gasteiger partial charge in [-0.2, -0.15) is 0 Å². The van der Waals surface area contributed by atoms with Gasteiger partial charge in [0.2, 0.25) is 0 Å². The second kappa shape index (κ2) is 9.62. The summed E-state index contributed by atoms with van der Waals surface area (Å²) < 4.78 is 14.3. The average Bonchev–Trinajstić information content (AvgIpc) is 2.38. The van der Waals surface area contributed by atoms with Crippen LogP contribution in [0, 0.1) is 5.92 Å². The van der Waals surface area contributed by atoms with Gasteiger partial charge < -0.3 is 19.0 Å². The zero-order valence-corrected chi connectivity index (χ0v) is 12.1. The van der Waals surface area contributed by atoms with Crippen molar-refractivity contribution in [1.82, 2.24) is 0 Å². The molecule has 0 aromatic heterocycles. The molecule has 0 amide bonds. The third-order valence-electron chi connectivity index (χ3n) is 2.35. The van der Waals surface area contributed by atoms with Crippen molar-refractivity contribution in [3.8, 4) is 0 Å². The Bertz CT molecular complexity index is 403. The monoisotopic (exact) mass is 302 g/mol.